The first-order valence-electron chi connectivity index (χ1n) is 4.41. The molecule has 5 heteroatoms. The van der Waals surface area contributed by atoms with E-state index in [4.69, 9.17) is 10.5 Å². The summed E-state index contributed by atoms with van der Waals surface area (Å²) >= 11 is 1.34. The van der Waals surface area contributed by atoms with Gasteiger partial charge in [0.05, 0.1) is 18.2 Å². The largest absolute Gasteiger partial charge is 0.375 e. The second-order valence-electron chi connectivity index (χ2n) is 3.25. The lowest BCUT2D eigenvalue weighted by Crippen LogP contribution is -2.15. The molecule has 0 aromatic carbocycles. The molecule has 0 fully saturated rings. The minimum atomic E-state index is 0.0315. The molecule has 4 nitrogen and oxygen atoms in total. The van der Waals surface area contributed by atoms with Crippen LogP contribution in [0.1, 0.15) is 19.5 Å². The molecule has 1 heterocycles. The van der Waals surface area contributed by atoms with Crippen LogP contribution >= 0.6 is 11.3 Å². The summed E-state index contributed by atoms with van der Waals surface area (Å²) in [7, 11) is 0. The highest BCUT2D eigenvalue weighted by atomic mass is 32.1. The molecule has 0 amide bonds. The minimum absolute atomic E-state index is 0.0315. The van der Waals surface area contributed by atoms with Crippen molar-refractivity contribution in [3.63, 3.8) is 0 Å². The second-order valence-corrected chi connectivity index (χ2v) is 4.14. The number of Topliss-reactive ketones (excluding diaryl/α,β-unsaturated/α-hetero) is 1. The zero-order chi connectivity index (χ0) is 10.6. The Labute approximate surface area is 87.1 Å². The van der Waals surface area contributed by atoms with Crippen LogP contribution in [0.5, 0.6) is 0 Å². The van der Waals surface area contributed by atoms with Crippen molar-refractivity contribution in [2.75, 3.05) is 12.3 Å². The Kier molecular flexibility index (Phi) is 4.03. The lowest BCUT2D eigenvalue weighted by molar-refractivity contribution is -0.124. The summed E-state index contributed by atoms with van der Waals surface area (Å²) in [4.78, 5) is 15.3. The van der Waals surface area contributed by atoms with Gasteiger partial charge in [0.1, 0.15) is 6.61 Å². The van der Waals surface area contributed by atoms with Crippen LogP contribution in [0.3, 0.4) is 0 Å². The zero-order valence-electron chi connectivity index (χ0n) is 8.32. The van der Waals surface area contributed by atoms with Crippen molar-refractivity contribution < 1.29 is 9.53 Å². The summed E-state index contributed by atoms with van der Waals surface area (Å²) in [6.45, 7) is 3.94. The van der Waals surface area contributed by atoms with Gasteiger partial charge in [0.15, 0.2) is 10.9 Å². The summed E-state index contributed by atoms with van der Waals surface area (Å²) < 4.78 is 5.18. The van der Waals surface area contributed by atoms with E-state index in [1.807, 2.05) is 13.8 Å². The van der Waals surface area contributed by atoms with Gasteiger partial charge in [-0.25, -0.2) is 4.98 Å². The molecule has 0 aliphatic carbocycles. The topological polar surface area (TPSA) is 65.2 Å². The Hall–Kier alpha value is -0.940. The number of nitrogen functional groups attached to an aromatic ring is 1. The first-order chi connectivity index (χ1) is 6.58. The van der Waals surface area contributed by atoms with Crippen molar-refractivity contribution >= 4 is 22.3 Å². The molecule has 0 aliphatic rings. The molecule has 1 rings (SSSR count). The Morgan fingerprint density at radius 2 is 2.43 bits per heavy atom. The molecular weight excluding hydrogens is 200 g/mol. The molecule has 0 aliphatic heterocycles. The number of hydrogen-bond acceptors (Lipinski definition) is 5. The van der Waals surface area contributed by atoms with Crippen LogP contribution in [0.4, 0.5) is 5.13 Å². The number of aromatic nitrogens is 1. The fourth-order valence-electron chi connectivity index (χ4n) is 0.916. The SMILES string of the molecule is CC(C)OCC(=O)Cc1csc(N)n1. The maximum Gasteiger partial charge on any atom is 0.180 e. The van der Waals surface area contributed by atoms with Gasteiger partial charge in [-0.1, -0.05) is 0 Å². The van der Waals surface area contributed by atoms with Crippen LogP contribution in [0, 0.1) is 0 Å². The Balaban J connectivity index is 2.34. The minimum Gasteiger partial charge on any atom is -0.375 e. The van der Waals surface area contributed by atoms with E-state index in [1.54, 1.807) is 5.38 Å². The molecule has 1 aromatic rings. The van der Waals surface area contributed by atoms with Crippen molar-refractivity contribution in [1.82, 2.24) is 4.98 Å². The summed E-state index contributed by atoms with van der Waals surface area (Å²) in [5.41, 5.74) is 6.17. The molecule has 1 aromatic heterocycles. The van der Waals surface area contributed by atoms with E-state index in [1.165, 1.54) is 11.3 Å². The molecule has 0 radical (unpaired) electrons. The van der Waals surface area contributed by atoms with Gasteiger partial charge in [0.25, 0.3) is 0 Å². The number of hydrogen-bond donors (Lipinski definition) is 1. The van der Waals surface area contributed by atoms with Gasteiger partial charge in [0.2, 0.25) is 0 Å². The van der Waals surface area contributed by atoms with Crippen molar-refractivity contribution in [2.24, 2.45) is 0 Å². The highest BCUT2D eigenvalue weighted by Gasteiger charge is 2.07. The van der Waals surface area contributed by atoms with Crippen LogP contribution in [0.15, 0.2) is 5.38 Å². The lowest BCUT2D eigenvalue weighted by Gasteiger charge is -2.05. The average Bonchev–Trinajstić information content (AvgIpc) is 2.48. The molecule has 14 heavy (non-hydrogen) atoms. The summed E-state index contributed by atoms with van der Waals surface area (Å²) in [6.07, 6.45) is 0.389. The fourth-order valence-corrected chi connectivity index (χ4v) is 1.48. The van der Waals surface area contributed by atoms with Crippen molar-refractivity contribution in [3.8, 4) is 0 Å². The zero-order valence-corrected chi connectivity index (χ0v) is 9.13. The average molecular weight is 214 g/mol. The quantitative estimate of drug-likeness (QED) is 0.801. The Morgan fingerprint density at radius 1 is 1.71 bits per heavy atom. The monoisotopic (exact) mass is 214 g/mol. The van der Waals surface area contributed by atoms with Crippen molar-refractivity contribution in [3.05, 3.63) is 11.1 Å². The van der Waals surface area contributed by atoms with E-state index >= 15 is 0 Å². The lowest BCUT2D eigenvalue weighted by atomic mass is 10.2. The first-order valence-corrected chi connectivity index (χ1v) is 5.29. The van der Waals surface area contributed by atoms with E-state index in [0.717, 1.165) is 5.69 Å². The highest BCUT2D eigenvalue weighted by Crippen LogP contribution is 2.11. The highest BCUT2D eigenvalue weighted by molar-refractivity contribution is 7.13. The first kappa shape index (κ1) is 11.1. The molecule has 0 unspecified atom stereocenters. The number of ketones is 1. The fraction of sp³-hybridized carbons (Fsp3) is 0.556. The van der Waals surface area contributed by atoms with Gasteiger partial charge >= 0.3 is 0 Å². The van der Waals surface area contributed by atoms with Gasteiger partial charge in [-0.2, -0.15) is 0 Å². The Morgan fingerprint density at radius 3 is 2.93 bits per heavy atom. The van der Waals surface area contributed by atoms with Crippen LogP contribution in [-0.2, 0) is 16.0 Å². The number of rotatable bonds is 5. The van der Waals surface area contributed by atoms with Crippen LogP contribution in [0.2, 0.25) is 0 Å². The van der Waals surface area contributed by atoms with E-state index in [-0.39, 0.29) is 18.5 Å². The third kappa shape index (κ3) is 3.85. The van der Waals surface area contributed by atoms with Gasteiger partial charge < -0.3 is 10.5 Å². The van der Waals surface area contributed by atoms with Gasteiger partial charge in [-0.3, -0.25) is 4.79 Å². The smallest absolute Gasteiger partial charge is 0.180 e. The van der Waals surface area contributed by atoms with E-state index in [9.17, 15) is 4.79 Å². The van der Waals surface area contributed by atoms with E-state index in [2.05, 4.69) is 4.98 Å². The van der Waals surface area contributed by atoms with E-state index < -0.39 is 0 Å². The number of thiazole rings is 1. The van der Waals surface area contributed by atoms with Crippen LogP contribution < -0.4 is 5.73 Å². The maximum atomic E-state index is 11.3. The third-order valence-corrected chi connectivity index (χ3v) is 2.25. The molecule has 0 spiro atoms. The summed E-state index contributed by atoms with van der Waals surface area (Å²) in [6, 6.07) is 0. The predicted octanol–water partition coefficient (Wildman–Crippen LogP) is 1.26. The standard InChI is InChI=1S/C9H14N2O2S/c1-6(2)13-4-8(12)3-7-5-14-9(10)11-7/h5-6H,3-4H2,1-2H3,(H2,10,11). The normalized spacial score (nSPS) is 10.8. The van der Waals surface area contributed by atoms with Gasteiger partial charge in [-0.05, 0) is 13.8 Å². The number of ether oxygens (including phenoxy) is 1. The van der Waals surface area contributed by atoms with E-state index in [0.29, 0.717) is 11.6 Å². The molecule has 0 atom stereocenters. The number of carbonyl (C=O) groups excluding carboxylic acids is 1. The molecule has 0 bridgehead atoms. The maximum absolute atomic E-state index is 11.3. The number of nitrogens with two attached hydrogens (primary N) is 1. The molecular formula is C9H14N2O2S. The molecule has 2 N–H and O–H groups in total. The van der Waals surface area contributed by atoms with Crippen molar-refractivity contribution in [1.29, 1.82) is 0 Å². The number of nitrogens with zero attached hydrogens (tertiary/aromatic N) is 1. The van der Waals surface area contributed by atoms with Crippen LogP contribution in [-0.4, -0.2) is 23.5 Å². The summed E-state index contributed by atoms with van der Waals surface area (Å²) in [5.74, 6) is 0.0315. The number of anilines is 1. The van der Waals surface area contributed by atoms with Gasteiger partial charge in [-0.15, -0.1) is 11.3 Å². The van der Waals surface area contributed by atoms with Crippen molar-refractivity contribution in [2.45, 2.75) is 26.4 Å². The third-order valence-electron chi connectivity index (χ3n) is 1.53. The van der Waals surface area contributed by atoms with Gasteiger partial charge in [0, 0.05) is 5.38 Å². The predicted molar refractivity (Wildman–Crippen MR) is 56.3 cm³/mol. The Bertz CT molecular complexity index is 310. The molecule has 0 saturated heterocycles. The summed E-state index contributed by atoms with van der Waals surface area (Å²) in [5, 5.41) is 2.29. The second kappa shape index (κ2) is 5.07. The number of carbonyl (C=O) groups is 1. The molecule has 78 valence electrons. The molecule has 0 saturated carbocycles. The van der Waals surface area contributed by atoms with Crippen LogP contribution in [0.25, 0.3) is 0 Å².